The van der Waals surface area contributed by atoms with E-state index in [4.69, 9.17) is 0 Å². The van der Waals surface area contributed by atoms with Crippen molar-refractivity contribution >= 4 is 5.78 Å². The zero-order chi connectivity index (χ0) is 14.5. The molecule has 2 aromatic rings. The molecule has 3 rings (SSSR count). The second-order valence-corrected chi connectivity index (χ2v) is 6.03. The molecule has 21 heavy (non-hydrogen) atoms. The third-order valence-corrected chi connectivity index (χ3v) is 4.61. The van der Waals surface area contributed by atoms with Gasteiger partial charge in [-0.3, -0.25) is 4.79 Å². The molecule has 1 fully saturated rings. The molecule has 2 aromatic carbocycles. The molecule has 0 aromatic heterocycles. The van der Waals surface area contributed by atoms with E-state index in [0.717, 1.165) is 25.7 Å². The molecular formula is C20H22O. The molecule has 0 spiro atoms. The smallest absolute Gasteiger partial charge is 0.136 e. The van der Waals surface area contributed by atoms with Crippen LogP contribution < -0.4 is 0 Å². The minimum Gasteiger partial charge on any atom is -0.299 e. The summed E-state index contributed by atoms with van der Waals surface area (Å²) in [5.41, 5.74) is 2.63. The summed E-state index contributed by atoms with van der Waals surface area (Å²) in [5, 5.41) is 0. The normalized spacial score (nSPS) is 20.2. The molecule has 1 aliphatic rings. The van der Waals surface area contributed by atoms with Gasteiger partial charge in [-0.25, -0.2) is 0 Å². The highest BCUT2D eigenvalue weighted by atomic mass is 16.1. The summed E-state index contributed by atoms with van der Waals surface area (Å²) >= 11 is 0. The van der Waals surface area contributed by atoms with E-state index < -0.39 is 0 Å². The summed E-state index contributed by atoms with van der Waals surface area (Å²) in [6.07, 6.45) is 5.03. The van der Waals surface area contributed by atoms with Crippen LogP contribution in [0, 0.1) is 5.92 Å². The number of hydrogen-bond donors (Lipinski definition) is 0. The van der Waals surface area contributed by atoms with Crippen molar-refractivity contribution in [3.63, 3.8) is 0 Å². The Balaban J connectivity index is 1.89. The van der Waals surface area contributed by atoms with Crippen LogP contribution in [0.3, 0.4) is 0 Å². The van der Waals surface area contributed by atoms with Gasteiger partial charge in [0.1, 0.15) is 5.78 Å². The topological polar surface area (TPSA) is 17.1 Å². The summed E-state index contributed by atoms with van der Waals surface area (Å²) in [4.78, 5) is 12.4. The maximum absolute atomic E-state index is 12.4. The lowest BCUT2D eigenvalue weighted by Crippen LogP contribution is -2.27. The number of ketones is 1. The lowest BCUT2D eigenvalue weighted by molar-refractivity contribution is -0.125. The third kappa shape index (κ3) is 3.41. The molecule has 1 saturated carbocycles. The average molecular weight is 278 g/mol. The summed E-state index contributed by atoms with van der Waals surface area (Å²) in [7, 11) is 0. The Hall–Kier alpha value is -1.89. The van der Waals surface area contributed by atoms with Crippen molar-refractivity contribution in [3.8, 4) is 0 Å². The number of hydrogen-bond acceptors (Lipinski definition) is 1. The molecule has 0 heterocycles. The quantitative estimate of drug-likeness (QED) is 0.787. The lowest BCUT2D eigenvalue weighted by atomic mass is 9.73. The SMILES string of the molecule is O=C1CCCCC1C(Cc1ccccc1)c1ccccc1. The Labute approximate surface area is 127 Å². The summed E-state index contributed by atoms with van der Waals surface area (Å²) in [5.74, 6) is 0.980. The Morgan fingerprint density at radius 2 is 1.57 bits per heavy atom. The first-order valence-corrected chi connectivity index (χ1v) is 7.96. The first kappa shape index (κ1) is 14.1. The molecule has 0 aliphatic heterocycles. The number of carbonyl (C=O) groups is 1. The highest BCUT2D eigenvalue weighted by Crippen LogP contribution is 2.36. The van der Waals surface area contributed by atoms with Gasteiger partial charge in [0.25, 0.3) is 0 Å². The molecule has 1 aliphatic carbocycles. The second-order valence-electron chi connectivity index (χ2n) is 6.03. The van der Waals surface area contributed by atoms with Gasteiger partial charge >= 0.3 is 0 Å². The molecule has 2 unspecified atom stereocenters. The van der Waals surface area contributed by atoms with E-state index in [-0.39, 0.29) is 5.92 Å². The summed E-state index contributed by atoms with van der Waals surface area (Å²) in [6, 6.07) is 21.1. The molecule has 0 N–H and O–H groups in total. The minimum atomic E-state index is 0.196. The van der Waals surface area contributed by atoms with Crippen molar-refractivity contribution in [2.24, 2.45) is 5.92 Å². The van der Waals surface area contributed by atoms with E-state index in [0.29, 0.717) is 11.7 Å². The van der Waals surface area contributed by atoms with E-state index in [2.05, 4.69) is 48.5 Å². The summed E-state index contributed by atoms with van der Waals surface area (Å²) in [6.45, 7) is 0. The number of Topliss-reactive ketones (excluding diaryl/α,β-unsaturated/α-hetero) is 1. The number of carbonyl (C=O) groups excluding carboxylic acids is 1. The van der Waals surface area contributed by atoms with Crippen molar-refractivity contribution in [1.82, 2.24) is 0 Å². The van der Waals surface area contributed by atoms with Gasteiger partial charge in [-0.2, -0.15) is 0 Å². The minimum absolute atomic E-state index is 0.196. The van der Waals surface area contributed by atoms with Gasteiger partial charge in [0, 0.05) is 12.3 Å². The van der Waals surface area contributed by atoms with E-state index in [9.17, 15) is 4.79 Å². The zero-order valence-electron chi connectivity index (χ0n) is 12.4. The Bertz CT molecular complexity index is 573. The molecule has 0 radical (unpaired) electrons. The Morgan fingerprint density at radius 1 is 0.905 bits per heavy atom. The molecule has 0 saturated heterocycles. The van der Waals surface area contributed by atoms with Crippen molar-refractivity contribution in [1.29, 1.82) is 0 Å². The standard InChI is InChI=1S/C20H22O/c21-20-14-8-7-13-18(20)19(17-11-5-2-6-12-17)15-16-9-3-1-4-10-16/h1-6,9-12,18-19H,7-8,13-15H2. The van der Waals surface area contributed by atoms with Crippen molar-refractivity contribution < 1.29 is 4.79 Å². The maximum atomic E-state index is 12.4. The first-order valence-electron chi connectivity index (χ1n) is 7.96. The highest BCUT2D eigenvalue weighted by molar-refractivity contribution is 5.82. The Morgan fingerprint density at radius 3 is 2.24 bits per heavy atom. The molecule has 0 amide bonds. The molecular weight excluding hydrogens is 256 g/mol. The van der Waals surface area contributed by atoms with Crippen LogP contribution in [0.5, 0.6) is 0 Å². The van der Waals surface area contributed by atoms with Crippen LogP contribution in [0.2, 0.25) is 0 Å². The molecule has 0 bridgehead atoms. The molecule has 1 heteroatoms. The number of rotatable bonds is 4. The molecule has 108 valence electrons. The summed E-state index contributed by atoms with van der Waals surface area (Å²) < 4.78 is 0. The van der Waals surface area contributed by atoms with Crippen molar-refractivity contribution in [3.05, 3.63) is 71.8 Å². The lowest BCUT2D eigenvalue weighted by Gasteiger charge is -2.29. The zero-order valence-corrected chi connectivity index (χ0v) is 12.4. The van der Waals surface area contributed by atoms with Gasteiger partial charge in [-0.05, 0) is 36.3 Å². The van der Waals surface area contributed by atoms with E-state index in [1.807, 2.05) is 12.1 Å². The van der Waals surface area contributed by atoms with Gasteiger partial charge in [0.15, 0.2) is 0 Å². The Kier molecular flexibility index (Phi) is 4.49. The largest absolute Gasteiger partial charge is 0.299 e. The van der Waals surface area contributed by atoms with E-state index in [1.54, 1.807) is 0 Å². The van der Waals surface area contributed by atoms with Gasteiger partial charge in [0.05, 0.1) is 0 Å². The van der Waals surface area contributed by atoms with Crippen molar-refractivity contribution in [2.75, 3.05) is 0 Å². The first-order chi connectivity index (χ1) is 10.3. The van der Waals surface area contributed by atoms with Crippen LogP contribution in [0.25, 0.3) is 0 Å². The molecule has 1 nitrogen and oxygen atoms in total. The van der Waals surface area contributed by atoms with Crippen LogP contribution in [0.15, 0.2) is 60.7 Å². The third-order valence-electron chi connectivity index (χ3n) is 4.61. The fraction of sp³-hybridized carbons (Fsp3) is 0.350. The van der Waals surface area contributed by atoms with Crippen LogP contribution in [-0.2, 0) is 11.2 Å². The highest BCUT2D eigenvalue weighted by Gasteiger charge is 2.31. The number of benzene rings is 2. The van der Waals surface area contributed by atoms with Gasteiger partial charge in [-0.15, -0.1) is 0 Å². The van der Waals surface area contributed by atoms with Crippen LogP contribution in [-0.4, -0.2) is 5.78 Å². The molecule has 2 atom stereocenters. The monoisotopic (exact) mass is 278 g/mol. The van der Waals surface area contributed by atoms with Crippen LogP contribution in [0.1, 0.15) is 42.7 Å². The van der Waals surface area contributed by atoms with Crippen molar-refractivity contribution in [2.45, 2.75) is 38.0 Å². The fourth-order valence-electron chi connectivity index (χ4n) is 3.50. The predicted molar refractivity (Wildman–Crippen MR) is 86.3 cm³/mol. The average Bonchev–Trinajstić information content (AvgIpc) is 2.55. The van der Waals surface area contributed by atoms with Gasteiger partial charge < -0.3 is 0 Å². The van der Waals surface area contributed by atoms with Gasteiger partial charge in [0.2, 0.25) is 0 Å². The van der Waals surface area contributed by atoms with Crippen LogP contribution >= 0.6 is 0 Å². The van der Waals surface area contributed by atoms with E-state index in [1.165, 1.54) is 17.5 Å². The van der Waals surface area contributed by atoms with E-state index >= 15 is 0 Å². The predicted octanol–water partition coefficient (Wildman–Crippen LogP) is 4.77. The second kappa shape index (κ2) is 6.71. The maximum Gasteiger partial charge on any atom is 0.136 e. The van der Waals surface area contributed by atoms with Crippen LogP contribution in [0.4, 0.5) is 0 Å². The fourth-order valence-corrected chi connectivity index (χ4v) is 3.50. The van der Waals surface area contributed by atoms with Gasteiger partial charge in [-0.1, -0.05) is 67.1 Å².